The molecule has 0 N–H and O–H groups in total. The quantitative estimate of drug-likeness (QED) is 0.370. The normalized spacial score (nSPS) is 18.9. The van der Waals surface area contributed by atoms with Crippen LogP contribution in [0.2, 0.25) is 0 Å². The molecule has 1 saturated heterocycles. The van der Waals surface area contributed by atoms with Crippen LogP contribution in [0.3, 0.4) is 0 Å². The molecule has 1 nitrogen and oxygen atoms in total. The summed E-state index contributed by atoms with van der Waals surface area (Å²) < 4.78 is 49.4. The SMILES string of the molecule is C/C=C/C1CCC(c2ccc(-c3ccc(-c4ccc(CC)c(F)c4F)cc3)cc2F)CO1. The van der Waals surface area contributed by atoms with Crippen molar-refractivity contribution in [3.05, 3.63) is 95.3 Å². The van der Waals surface area contributed by atoms with E-state index in [1.165, 1.54) is 0 Å². The lowest BCUT2D eigenvalue weighted by atomic mass is 9.89. The zero-order chi connectivity index (χ0) is 22.7. The van der Waals surface area contributed by atoms with Crippen molar-refractivity contribution in [3.63, 3.8) is 0 Å². The number of benzene rings is 3. The van der Waals surface area contributed by atoms with Crippen LogP contribution in [-0.2, 0) is 11.2 Å². The Balaban J connectivity index is 1.53. The zero-order valence-corrected chi connectivity index (χ0v) is 18.4. The highest BCUT2D eigenvalue weighted by atomic mass is 19.2. The van der Waals surface area contributed by atoms with E-state index in [0.29, 0.717) is 29.7 Å². The lowest BCUT2D eigenvalue weighted by Gasteiger charge is -2.28. The lowest BCUT2D eigenvalue weighted by molar-refractivity contribution is 0.0319. The Kier molecular flexibility index (Phi) is 6.80. The summed E-state index contributed by atoms with van der Waals surface area (Å²) in [5.74, 6) is -1.82. The van der Waals surface area contributed by atoms with Crippen LogP contribution in [0.25, 0.3) is 22.3 Å². The maximum Gasteiger partial charge on any atom is 0.166 e. The summed E-state index contributed by atoms with van der Waals surface area (Å²) in [5, 5.41) is 0. The van der Waals surface area contributed by atoms with Gasteiger partial charge in [-0.1, -0.05) is 67.6 Å². The molecule has 1 aliphatic rings. The molecule has 2 atom stereocenters. The van der Waals surface area contributed by atoms with Gasteiger partial charge in [0.25, 0.3) is 0 Å². The Morgan fingerprint density at radius 1 is 0.875 bits per heavy atom. The number of ether oxygens (including phenoxy) is 1. The third-order valence-corrected chi connectivity index (χ3v) is 6.23. The Labute approximate surface area is 187 Å². The van der Waals surface area contributed by atoms with E-state index in [1.807, 2.05) is 31.2 Å². The monoisotopic (exact) mass is 436 g/mol. The number of hydrogen-bond donors (Lipinski definition) is 0. The highest BCUT2D eigenvalue weighted by molar-refractivity contribution is 5.71. The van der Waals surface area contributed by atoms with Gasteiger partial charge in [0, 0.05) is 11.5 Å². The molecule has 3 aromatic carbocycles. The molecule has 1 heterocycles. The van der Waals surface area contributed by atoms with Crippen molar-refractivity contribution >= 4 is 0 Å². The summed E-state index contributed by atoms with van der Waals surface area (Å²) >= 11 is 0. The van der Waals surface area contributed by atoms with Gasteiger partial charge >= 0.3 is 0 Å². The van der Waals surface area contributed by atoms with Gasteiger partial charge in [-0.3, -0.25) is 0 Å². The third-order valence-electron chi connectivity index (χ3n) is 6.23. The maximum absolute atomic E-state index is 14.9. The molecule has 3 aromatic rings. The first-order valence-electron chi connectivity index (χ1n) is 11.1. The molecule has 0 saturated carbocycles. The third kappa shape index (κ3) is 4.51. The minimum absolute atomic E-state index is 0.0527. The predicted octanol–water partition coefficient (Wildman–Crippen LogP) is 7.84. The smallest absolute Gasteiger partial charge is 0.166 e. The van der Waals surface area contributed by atoms with Crippen molar-refractivity contribution in [2.45, 2.75) is 45.1 Å². The second kappa shape index (κ2) is 9.74. The molecule has 4 heteroatoms. The van der Waals surface area contributed by atoms with Crippen LogP contribution in [-0.4, -0.2) is 12.7 Å². The molecule has 0 amide bonds. The minimum atomic E-state index is -0.834. The van der Waals surface area contributed by atoms with E-state index in [-0.39, 0.29) is 23.4 Å². The minimum Gasteiger partial charge on any atom is -0.374 e. The Morgan fingerprint density at radius 3 is 2.22 bits per heavy atom. The zero-order valence-electron chi connectivity index (χ0n) is 18.4. The van der Waals surface area contributed by atoms with Crippen molar-refractivity contribution in [1.29, 1.82) is 0 Å². The van der Waals surface area contributed by atoms with Crippen molar-refractivity contribution in [3.8, 4) is 22.3 Å². The van der Waals surface area contributed by atoms with Crippen molar-refractivity contribution in [2.75, 3.05) is 6.61 Å². The largest absolute Gasteiger partial charge is 0.374 e. The highest BCUT2D eigenvalue weighted by Crippen LogP contribution is 2.33. The van der Waals surface area contributed by atoms with Crippen molar-refractivity contribution in [2.24, 2.45) is 0 Å². The fourth-order valence-corrected chi connectivity index (χ4v) is 4.35. The van der Waals surface area contributed by atoms with Crippen LogP contribution in [0.15, 0.2) is 66.7 Å². The van der Waals surface area contributed by atoms with Crippen molar-refractivity contribution in [1.82, 2.24) is 0 Å². The molecule has 1 fully saturated rings. The summed E-state index contributed by atoms with van der Waals surface area (Å²) in [5.41, 5.74) is 3.41. The Bertz CT molecular complexity index is 1110. The molecule has 0 spiro atoms. The number of aryl methyl sites for hydroxylation is 1. The van der Waals surface area contributed by atoms with Gasteiger partial charge in [0.1, 0.15) is 5.82 Å². The van der Waals surface area contributed by atoms with Gasteiger partial charge in [-0.15, -0.1) is 0 Å². The first kappa shape index (κ1) is 22.3. The highest BCUT2D eigenvalue weighted by Gasteiger charge is 2.24. The van der Waals surface area contributed by atoms with Crippen molar-refractivity contribution < 1.29 is 17.9 Å². The molecule has 4 rings (SSSR count). The van der Waals surface area contributed by atoms with Crippen LogP contribution in [0.5, 0.6) is 0 Å². The summed E-state index contributed by atoms with van der Waals surface area (Å²) in [6.45, 7) is 4.27. The van der Waals surface area contributed by atoms with E-state index >= 15 is 0 Å². The first-order chi connectivity index (χ1) is 15.5. The van der Waals surface area contributed by atoms with Gasteiger partial charge in [0.2, 0.25) is 0 Å². The van der Waals surface area contributed by atoms with Gasteiger partial charge in [-0.25, -0.2) is 13.2 Å². The van der Waals surface area contributed by atoms with E-state index in [1.54, 1.807) is 49.4 Å². The van der Waals surface area contributed by atoms with Gasteiger partial charge in [-0.05, 0) is 60.1 Å². The molecule has 32 heavy (non-hydrogen) atoms. The second-order valence-electron chi connectivity index (χ2n) is 8.24. The van der Waals surface area contributed by atoms with Crippen LogP contribution in [0.1, 0.15) is 43.7 Å². The molecule has 166 valence electrons. The van der Waals surface area contributed by atoms with E-state index in [4.69, 9.17) is 4.74 Å². The average Bonchev–Trinajstić information content (AvgIpc) is 2.82. The Morgan fingerprint density at radius 2 is 1.59 bits per heavy atom. The van der Waals surface area contributed by atoms with Crippen LogP contribution < -0.4 is 0 Å². The topological polar surface area (TPSA) is 9.23 Å². The second-order valence-corrected chi connectivity index (χ2v) is 8.24. The maximum atomic E-state index is 14.9. The molecule has 2 unspecified atom stereocenters. The van der Waals surface area contributed by atoms with Gasteiger partial charge < -0.3 is 4.74 Å². The van der Waals surface area contributed by atoms with E-state index in [0.717, 1.165) is 24.0 Å². The molecule has 0 aromatic heterocycles. The summed E-state index contributed by atoms with van der Waals surface area (Å²) in [4.78, 5) is 0. The number of hydrogen-bond acceptors (Lipinski definition) is 1. The van der Waals surface area contributed by atoms with Gasteiger partial charge in [0.05, 0.1) is 12.7 Å². The van der Waals surface area contributed by atoms with Gasteiger partial charge in [0.15, 0.2) is 11.6 Å². The fraction of sp³-hybridized carbons (Fsp3) is 0.286. The van der Waals surface area contributed by atoms with E-state index in [2.05, 4.69) is 0 Å². The van der Waals surface area contributed by atoms with E-state index < -0.39 is 11.6 Å². The Hall–Kier alpha value is -2.85. The fourth-order valence-electron chi connectivity index (χ4n) is 4.35. The molecule has 0 radical (unpaired) electrons. The molecular formula is C28H27F3O. The van der Waals surface area contributed by atoms with E-state index in [9.17, 15) is 13.2 Å². The van der Waals surface area contributed by atoms with Gasteiger partial charge in [-0.2, -0.15) is 0 Å². The number of allylic oxidation sites excluding steroid dienone is 1. The van der Waals surface area contributed by atoms with Crippen LogP contribution in [0.4, 0.5) is 13.2 Å². The average molecular weight is 437 g/mol. The van der Waals surface area contributed by atoms with Crippen LogP contribution >= 0.6 is 0 Å². The molecule has 1 aliphatic heterocycles. The molecule has 0 aliphatic carbocycles. The summed E-state index contributed by atoms with van der Waals surface area (Å²) in [6, 6.07) is 15.6. The standard InChI is InChI=1S/C28H27F3O/c1-3-5-23-13-10-22(17-32-23)24-14-12-21(16-26(24)29)19-6-8-20(9-7-19)25-15-11-18(4-2)27(30)28(25)31/h3,5-9,11-12,14-16,22-23H,4,10,13,17H2,1-2H3/b5-3+. The number of rotatable bonds is 5. The number of halogens is 3. The summed E-state index contributed by atoms with van der Waals surface area (Å²) in [6.07, 6.45) is 6.35. The first-order valence-corrected chi connectivity index (χ1v) is 11.1. The molecule has 0 bridgehead atoms. The summed E-state index contributed by atoms with van der Waals surface area (Å²) in [7, 11) is 0. The van der Waals surface area contributed by atoms with Crippen LogP contribution in [0, 0.1) is 17.5 Å². The lowest BCUT2D eigenvalue weighted by Crippen LogP contribution is -2.23. The predicted molar refractivity (Wildman–Crippen MR) is 123 cm³/mol. The molecular weight excluding hydrogens is 409 g/mol.